The first-order valence-corrected chi connectivity index (χ1v) is 10.4. The molecule has 0 aromatic carbocycles. The van der Waals surface area contributed by atoms with E-state index in [1.165, 1.54) is 12.8 Å². The van der Waals surface area contributed by atoms with Crippen molar-refractivity contribution >= 4 is 22.9 Å². The van der Waals surface area contributed by atoms with Crippen LogP contribution in [0.1, 0.15) is 70.8 Å². The van der Waals surface area contributed by atoms with Gasteiger partial charge in [0.2, 0.25) is 0 Å². The average molecular weight is 371 g/mol. The van der Waals surface area contributed by atoms with Crippen LogP contribution in [0.5, 0.6) is 0 Å². The van der Waals surface area contributed by atoms with Gasteiger partial charge in [0, 0.05) is 19.0 Å². The second-order valence-corrected chi connectivity index (χ2v) is 8.29. The maximum Gasteiger partial charge on any atom is 0.174 e. The summed E-state index contributed by atoms with van der Waals surface area (Å²) < 4.78 is 2.37. The van der Waals surface area contributed by atoms with Crippen LogP contribution in [-0.4, -0.2) is 25.8 Å². The summed E-state index contributed by atoms with van der Waals surface area (Å²) in [5.41, 5.74) is 15.0. The van der Waals surface area contributed by atoms with Crippen molar-refractivity contribution in [1.82, 2.24) is 19.7 Å². The first-order valence-electron chi connectivity index (χ1n) is 10.4. The fraction of sp³-hybridized carbons (Fsp3) is 0.667. The average Bonchev–Trinajstić information content (AvgIpc) is 3.00. The number of hydrogen-bond acceptors (Lipinski definition) is 5. The molecule has 6 heteroatoms. The van der Waals surface area contributed by atoms with E-state index in [0.29, 0.717) is 23.7 Å². The molecule has 0 saturated heterocycles. The minimum Gasteiger partial charge on any atom is -0.380 e. The van der Waals surface area contributed by atoms with Gasteiger partial charge in [-0.1, -0.05) is 33.3 Å². The summed E-state index contributed by atoms with van der Waals surface area (Å²) in [5.74, 6) is 2.63. The molecule has 0 spiro atoms. The third kappa shape index (κ3) is 4.67. The number of rotatable bonds is 7. The molecule has 0 amide bonds. The fourth-order valence-electron chi connectivity index (χ4n) is 3.89. The van der Waals surface area contributed by atoms with E-state index in [-0.39, 0.29) is 0 Å². The highest BCUT2D eigenvalue weighted by atomic mass is 15.2. The molecule has 1 aliphatic rings. The van der Waals surface area contributed by atoms with E-state index in [1.54, 1.807) is 0 Å². The van der Waals surface area contributed by atoms with Gasteiger partial charge in [-0.3, -0.25) is 0 Å². The van der Waals surface area contributed by atoms with E-state index in [9.17, 15) is 0 Å². The van der Waals surface area contributed by atoms with Gasteiger partial charge in [0.15, 0.2) is 5.82 Å². The number of imidazole rings is 1. The van der Waals surface area contributed by atoms with Crippen LogP contribution in [0.4, 0.5) is 5.82 Å². The largest absolute Gasteiger partial charge is 0.380 e. The maximum absolute atomic E-state index is 6.15. The number of fused-ring (bicyclic) bond motifs is 1. The van der Waals surface area contributed by atoms with E-state index in [4.69, 9.17) is 16.5 Å². The van der Waals surface area contributed by atoms with Crippen molar-refractivity contribution in [3.05, 3.63) is 17.6 Å². The molecule has 148 valence electrons. The minimum absolute atomic E-state index is 0.367. The summed E-state index contributed by atoms with van der Waals surface area (Å²) in [7, 11) is 0. The van der Waals surface area contributed by atoms with Crippen LogP contribution >= 0.6 is 0 Å². The molecule has 27 heavy (non-hydrogen) atoms. The lowest BCUT2D eigenvalue weighted by Gasteiger charge is -2.27. The Morgan fingerprint density at radius 2 is 1.93 bits per heavy atom. The summed E-state index contributed by atoms with van der Waals surface area (Å²) >= 11 is 0. The number of aryl methyl sites for hydroxylation is 1. The standard InChI is InChI=1S/C21H34N6/c1-4-5-6-18-24-19-20(17(12-7-14(2)3)25-26-21(19)23)27(18)13-15-8-10-16(22)11-9-15/h7,12,14-16H,4-6,8-11,13,22H2,1-3H3,(H2,23,26)/b12-7+. The van der Waals surface area contributed by atoms with Crippen molar-refractivity contribution < 1.29 is 0 Å². The van der Waals surface area contributed by atoms with Crippen molar-refractivity contribution in [2.45, 2.75) is 78.3 Å². The van der Waals surface area contributed by atoms with Gasteiger partial charge >= 0.3 is 0 Å². The molecule has 1 fully saturated rings. The Morgan fingerprint density at radius 1 is 1.19 bits per heavy atom. The zero-order valence-corrected chi connectivity index (χ0v) is 17.0. The van der Waals surface area contributed by atoms with Gasteiger partial charge in [0.05, 0.1) is 0 Å². The first-order chi connectivity index (χ1) is 13.0. The summed E-state index contributed by atoms with van der Waals surface area (Å²) in [6.45, 7) is 7.50. The number of hydrogen-bond donors (Lipinski definition) is 2. The van der Waals surface area contributed by atoms with Crippen molar-refractivity contribution in [3.8, 4) is 0 Å². The van der Waals surface area contributed by atoms with Crippen LogP contribution in [0.25, 0.3) is 17.1 Å². The summed E-state index contributed by atoms with van der Waals surface area (Å²) in [6, 6.07) is 0.367. The Balaban J connectivity index is 2.04. The van der Waals surface area contributed by atoms with Gasteiger partial charge in [-0.25, -0.2) is 4.98 Å². The van der Waals surface area contributed by atoms with Crippen LogP contribution < -0.4 is 11.5 Å². The van der Waals surface area contributed by atoms with E-state index in [1.807, 2.05) is 0 Å². The lowest BCUT2D eigenvalue weighted by molar-refractivity contribution is 0.294. The van der Waals surface area contributed by atoms with E-state index < -0.39 is 0 Å². The minimum atomic E-state index is 0.367. The first kappa shape index (κ1) is 19.8. The summed E-state index contributed by atoms with van der Waals surface area (Å²) in [6.07, 6.45) is 12.0. The second-order valence-electron chi connectivity index (χ2n) is 8.29. The van der Waals surface area contributed by atoms with Crippen LogP contribution in [0.3, 0.4) is 0 Å². The number of nitrogen functional groups attached to an aromatic ring is 1. The number of allylic oxidation sites excluding steroid dienone is 1. The number of nitrogens with two attached hydrogens (primary N) is 2. The smallest absolute Gasteiger partial charge is 0.174 e. The lowest BCUT2D eigenvalue weighted by Crippen LogP contribution is -2.28. The molecule has 0 bridgehead atoms. The Kier molecular flexibility index (Phi) is 6.47. The highest BCUT2D eigenvalue weighted by molar-refractivity contribution is 5.90. The Hall–Kier alpha value is -1.95. The highest BCUT2D eigenvalue weighted by Crippen LogP contribution is 2.30. The van der Waals surface area contributed by atoms with Gasteiger partial charge < -0.3 is 16.0 Å². The quantitative estimate of drug-likeness (QED) is 0.769. The van der Waals surface area contributed by atoms with E-state index >= 15 is 0 Å². The topological polar surface area (TPSA) is 95.6 Å². The van der Waals surface area contributed by atoms with Gasteiger partial charge in [-0.2, -0.15) is 0 Å². The number of aromatic nitrogens is 4. The number of unbranched alkanes of at least 4 members (excludes halogenated alkanes) is 1. The summed E-state index contributed by atoms with van der Waals surface area (Å²) in [4.78, 5) is 4.89. The SMILES string of the molecule is CCCCc1nc2c(N)nnc(/C=C/C(C)C)c2n1CC1CCC(N)CC1. The van der Waals surface area contributed by atoms with Gasteiger partial charge in [-0.15, -0.1) is 10.2 Å². The van der Waals surface area contributed by atoms with E-state index in [0.717, 1.165) is 61.2 Å². The molecule has 2 heterocycles. The van der Waals surface area contributed by atoms with Gasteiger partial charge in [0.25, 0.3) is 0 Å². The number of nitrogens with zero attached hydrogens (tertiary/aromatic N) is 4. The second kappa shape index (κ2) is 8.83. The van der Waals surface area contributed by atoms with E-state index in [2.05, 4.69) is 47.7 Å². The zero-order chi connectivity index (χ0) is 19.4. The molecule has 0 aliphatic heterocycles. The summed E-state index contributed by atoms with van der Waals surface area (Å²) in [5, 5.41) is 8.56. The molecule has 2 aromatic rings. The van der Waals surface area contributed by atoms with Crippen molar-refractivity contribution in [2.24, 2.45) is 17.6 Å². The molecular weight excluding hydrogens is 336 g/mol. The van der Waals surface area contributed by atoms with Crippen molar-refractivity contribution in [3.63, 3.8) is 0 Å². The Bertz CT molecular complexity index is 784. The monoisotopic (exact) mass is 370 g/mol. The molecular formula is C21H34N6. The van der Waals surface area contributed by atoms with Gasteiger partial charge in [-0.05, 0) is 50.0 Å². The molecule has 6 nitrogen and oxygen atoms in total. The highest BCUT2D eigenvalue weighted by Gasteiger charge is 2.23. The maximum atomic E-state index is 6.15. The Morgan fingerprint density at radius 3 is 2.59 bits per heavy atom. The van der Waals surface area contributed by atoms with Crippen LogP contribution in [0.2, 0.25) is 0 Å². The predicted octanol–water partition coefficient (Wildman–Crippen LogP) is 3.94. The molecule has 0 atom stereocenters. The molecule has 2 aromatic heterocycles. The zero-order valence-electron chi connectivity index (χ0n) is 17.0. The molecule has 3 rings (SSSR count). The van der Waals surface area contributed by atoms with Crippen molar-refractivity contribution in [1.29, 1.82) is 0 Å². The molecule has 1 saturated carbocycles. The van der Waals surface area contributed by atoms with Crippen LogP contribution in [0.15, 0.2) is 6.08 Å². The third-order valence-electron chi connectivity index (χ3n) is 5.52. The Labute approximate surface area is 162 Å². The fourth-order valence-corrected chi connectivity index (χ4v) is 3.89. The van der Waals surface area contributed by atoms with Gasteiger partial charge in [0.1, 0.15) is 22.6 Å². The predicted molar refractivity (Wildman–Crippen MR) is 112 cm³/mol. The molecule has 0 unspecified atom stereocenters. The van der Waals surface area contributed by atoms with Crippen LogP contribution in [-0.2, 0) is 13.0 Å². The lowest BCUT2D eigenvalue weighted by atomic mass is 9.86. The number of anilines is 1. The van der Waals surface area contributed by atoms with Crippen LogP contribution in [0, 0.1) is 11.8 Å². The normalized spacial score (nSPS) is 20.9. The molecule has 1 aliphatic carbocycles. The molecule has 0 radical (unpaired) electrons. The third-order valence-corrected chi connectivity index (χ3v) is 5.52. The van der Waals surface area contributed by atoms with Crippen molar-refractivity contribution in [2.75, 3.05) is 5.73 Å². The molecule has 4 N–H and O–H groups in total.